The molecule has 1 aromatic heterocycles. The number of hydrogen-bond donors (Lipinski definition) is 2. The molecular formula is C12H7FN2O2. The summed E-state index contributed by atoms with van der Waals surface area (Å²) >= 11 is 0. The number of aromatic amines is 1. The molecule has 0 saturated heterocycles. The van der Waals surface area contributed by atoms with Crippen LogP contribution >= 0.6 is 0 Å². The third kappa shape index (κ3) is 1.88. The van der Waals surface area contributed by atoms with Crippen molar-refractivity contribution in [3.8, 4) is 6.07 Å². The Morgan fingerprint density at radius 2 is 2.29 bits per heavy atom. The molecule has 0 atom stereocenters. The van der Waals surface area contributed by atoms with Gasteiger partial charge in [-0.2, -0.15) is 5.26 Å². The molecule has 0 aliphatic rings. The average Bonchev–Trinajstić information content (AvgIpc) is 2.70. The van der Waals surface area contributed by atoms with Gasteiger partial charge in [-0.15, -0.1) is 0 Å². The van der Waals surface area contributed by atoms with Gasteiger partial charge in [-0.25, -0.2) is 9.18 Å². The minimum absolute atomic E-state index is 0.293. The van der Waals surface area contributed by atoms with E-state index in [9.17, 15) is 9.18 Å². The second-order valence-corrected chi connectivity index (χ2v) is 3.38. The molecule has 0 bridgehead atoms. The third-order valence-electron chi connectivity index (χ3n) is 2.35. The topological polar surface area (TPSA) is 76.9 Å². The number of carbonyl (C=O) groups is 1. The Balaban J connectivity index is 2.62. The fourth-order valence-corrected chi connectivity index (χ4v) is 1.56. The molecule has 0 radical (unpaired) electrons. The summed E-state index contributed by atoms with van der Waals surface area (Å²) in [6.45, 7) is 0. The number of carboxylic acids is 1. The van der Waals surface area contributed by atoms with Crippen molar-refractivity contribution in [3.63, 3.8) is 0 Å². The van der Waals surface area contributed by atoms with Crippen molar-refractivity contribution in [1.82, 2.24) is 4.98 Å². The third-order valence-corrected chi connectivity index (χ3v) is 2.35. The molecule has 5 heteroatoms. The van der Waals surface area contributed by atoms with E-state index < -0.39 is 17.4 Å². The van der Waals surface area contributed by atoms with E-state index >= 15 is 0 Å². The molecular weight excluding hydrogens is 223 g/mol. The molecule has 0 spiro atoms. The van der Waals surface area contributed by atoms with Gasteiger partial charge < -0.3 is 10.1 Å². The number of halogens is 1. The molecule has 2 N–H and O–H groups in total. The monoisotopic (exact) mass is 230 g/mol. The van der Waals surface area contributed by atoms with Gasteiger partial charge in [0.1, 0.15) is 17.5 Å². The number of nitrogens with zero attached hydrogens (tertiary/aromatic N) is 1. The quantitative estimate of drug-likeness (QED) is 0.613. The molecule has 4 nitrogen and oxygen atoms in total. The Morgan fingerprint density at radius 1 is 1.53 bits per heavy atom. The second-order valence-electron chi connectivity index (χ2n) is 3.38. The number of H-pyrrole nitrogens is 1. The molecule has 0 amide bonds. The van der Waals surface area contributed by atoms with E-state index in [4.69, 9.17) is 10.4 Å². The molecule has 1 heterocycles. The number of para-hydroxylation sites is 1. The molecule has 17 heavy (non-hydrogen) atoms. The van der Waals surface area contributed by atoms with Crippen molar-refractivity contribution < 1.29 is 14.3 Å². The van der Waals surface area contributed by atoms with Crippen molar-refractivity contribution in [2.75, 3.05) is 0 Å². The molecule has 0 unspecified atom stereocenters. The maximum Gasteiger partial charge on any atom is 0.346 e. The van der Waals surface area contributed by atoms with E-state index in [2.05, 4.69) is 4.98 Å². The normalized spacial score (nSPS) is 11.4. The summed E-state index contributed by atoms with van der Waals surface area (Å²) in [5.74, 6) is -1.73. The highest BCUT2D eigenvalue weighted by atomic mass is 19.1. The number of nitrogens with one attached hydrogen (secondary N) is 1. The fraction of sp³-hybridized carbons (Fsp3) is 0. The van der Waals surface area contributed by atoms with Crippen LogP contribution in [0, 0.1) is 17.1 Å². The second kappa shape index (κ2) is 4.10. The smallest absolute Gasteiger partial charge is 0.346 e. The zero-order chi connectivity index (χ0) is 12.4. The van der Waals surface area contributed by atoms with Crippen LogP contribution in [0.3, 0.4) is 0 Å². The van der Waals surface area contributed by atoms with Crippen LogP contribution in [-0.2, 0) is 4.79 Å². The number of aromatic nitrogens is 1. The van der Waals surface area contributed by atoms with Gasteiger partial charge in [0.15, 0.2) is 0 Å². The maximum atomic E-state index is 13.3. The lowest BCUT2D eigenvalue weighted by molar-refractivity contribution is -0.132. The molecule has 2 rings (SSSR count). The van der Waals surface area contributed by atoms with Crippen LogP contribution in [0.5, 0.6) is 0 Å². The summed E-state index contributed by atoms with van der Waals surface area (Å²) in [5.41, 5.74) is 0.370. The molecule has 0 aliphatic carbocycles. The van der Waals surface area contributed by atoms with Gasteiger partial charge in [0.25, 0.3) is 0 Å². The van der Waals surface area contributed by atoms with E-state index in [1.807, 2.05) is 0 Å². The Bertz CT molecular complexity index is 665. The van der Waals surface area contributed by atoms with Crippen molar-refractivity contribution in [1.29, 1.82) is 5.26 Å². The predicted octanol–water partition coefficient (Wildman–Crippen LogP) is 2.30. The lowest BCUT2D eigenvalue weighted by Crippen LogP contribution is -1.97. The highest BCUT2D eigenvalue weighted by Crippen LogP contribution is 2.22. The van der Waals surface area contributed by atoms with Gasteiger partial charge in [-0.05, 0) is 12.1 Å². The lowest BCUT2D eigenvalue weighted by atomic mass is 10.1. The van der Waals surface area contributed by atoms with Crippen LogP contribution in [0.15, 0.2) is 30.0 Å². The zero-order valence-electron chi connectivity index (χ0n) is 8.57. The molecule has 2 aromatic rings. The standard InChI is InChI=1S/C12H7FN2O2/c13-10-3-1-2-9-8(6-15-11(9)10)4-7(5-14)12(16)17/h1-4,6,15H,(H,16,17)/b7-4+. The summed E-state index contributed by atoms with van der Waals surface area (Å²) in [4.78, 5) is 13.4. The summed E-state index contributed by atoms with van der Waals surface area (Å²) in [5, 5.41) is 17.9. The Labute approximate surface area is 95.6 Å². The number of aliphatic carboxylic acids is 1. The van der Waals surface area contributed by atoms with Crippen LogP contribution in [0.2, 0.25) is 0 Å². The lowest BCUT2D eigenvalue weighted by Gasteiger charge is -1.93. The Hall–Kier alpha value is -2.61. The van der Waals surface area contributed by atoms with Gasteiger partial charge in [0.2, 0.25) is 0 Å². The fourth-order valence-electron chi connectivity index (χ4n) is 1.56. The van der Waals surface area contributed by atoms with Gasteiger partial charge in [0, 0.05) is 17.1 Å². The molecule has 84 valence electrons. The minimum Gasteiger partial charge on any atom is -0.477 e. The van der Waals surface area contributed by atoms with Crippen LogP contribution in [-0.4, -0.2) is 16.1 Å². The molecule has 0 fully saturated rings. The number of benzene rings is 1. The van der Waals surface area contributed by atoms with Crippen molar-refractivity contribution >= 4 is 22.9 Å². The van der Waals surface area contributed by atoms with Crippen molar-refractivity contribution in [2.45, 2.75) is 0 Å². The van der Waals surface area contributed by atoms with Gasteiger partial charge in [-0.1, -0.05) is 12.1 Å². The minimum atomic E-state index is -1.31. The number of nitriles is 1. The summed E-state index contributed by atoms with van der Waals surface area (Å²) in [7, 11) is 0. The van der Waals surface area contributed by atoms with Gasteiger partial charge >= 0.3 is 5.97 Å². The molecule has 1 aromatic carbocycles. The summed E-state index contributed by atoms with van der Waals surface area (Å²) < 4.78 is 13.3. The molecule has 0 saturated carbocycles. The first-order chi connectivity index (χ1) is 8.13. The van der Waals surface area contributed by atoms with Crippen molar-refractivity contribution in [2.24, 2.45) is 0 Å². The number of rotatable bonds is 2. The van der Waals surface area contributed by atoms with E-state index in [1.54, 1.807) is 12.1 Å². The maximum absolute atomic E-state index is 13.3. The highest BCUT2D eigenvalue weighted by Gasteiger charge is 2.09. The number of carboxylic acid groups (broad SMARTS) is 1. The van der Waals surface area contributed by atoms with E-state index in [0.29, 0.717) is 16.5 Å². The predicted molar refractivity (Wildman–Crippen MR) is 59.5 cm³/mol. The largest absolute Gasteiger partial charge is 0.477 e. The zero-order valence-corrected chi connectivity index (χ0v) is 8.57. The number of fused-ring (bicyclic) bond motifs is 1. The number of hydrogen-bond acceptors (Lipinski definition) is 2. The van der Waals surface area contributed by atoms with Crippen LogP contribution in [0.4, 0.5) is 4.39 Å². The van der Waals surface area contributed by atoms with E-state index in [0.717, 1.165) is 0 Å². The Kier molecular flexibility index (Phi) is 2.63. The van der Waals surface area contributed by atoms with Crippen LogP contribution in [0.25, 0.3) is 17.0 Å². The summed E-state index contributed by atoms with van der Waals surface area (Å²) in [6, 6.07) is 6.05. The average molecular weight is 230 g/mol. The van der Waals surface area contributed by atoms with Gasteiger partial charge in [0.05, 0.1) is 5.52 Å². The summed E-state index contributed by atoms with van der Waals surface area (Å²) in [6.07, 6.45) is 2.68. The highest BCUT2D eigenvalue weighted by molar-refractivity contribution is 6.00. The van der Waals surface area contributed by atoms with Gasteiger partial charge in [-0.3, -0.25) is 0 Å². The van der Waals surface area contributed by atoms with E-state index in [-0.39, 0.29) is 0 Å². The first-order valence-corrected chi connectivity index (χ1v) is 4.74. The van der Waals surface area contributed by atoms with Crippen molar-refractivity contribution in [3.05, 3.63) is 41.3 Å². The van der Waals surface area contributed by atoms with Crippen LogP contribution in [0.1, 0.15) is 5.56 Å². The first-order valence-electron chi connectivity index (χ1n) is 4.74. The Morgan fingerprint density at radius 3 is 2.94 bits per heavy atom. The first kappa shape index (κ1) is 10.9. The molecule has 0 aliphatic heterocycles. The van der Waals surface area contributed by atoms with E-state index in [1.165, 1.54) is 24.4 Å². The SMILES string of the molecule is N#C/C(=C\c1c[nH]c2c(F)cccc12)C(=O)O. The van der Waals surface area contributed by atoms with Crippen LogP contribution < -0.4 is 0 Å².